The number of nitrogens with zero attached hydrogens (tertiary/aromatic N) is 1. The summed E-state index contributed by atoms with van der Waals surface area (Å²) < 4.78 is 29.1. The second kappa shape index (κ2) is 8.04. The lowest BCUT2D eigenvalue weighted by molar-refractivity contribution is -0.118. The van der Waals surface area contributed by atoms with Gasteiger partial charge in [-0.15, -0.1) is 0 Å². The summed E-state index contributed by atoms with van der Waals surface area (Å²) in [5.74, 6) is -0.109. The molecular weight excluding hydrogens is 507 g/mol. The van der Waals surface area contributed by atoms with Crippen molar-refractivity contribution in [1.29, 1.82) is 0 Å². The third-order valence-electron chi connectivity index (χ3n) is 5.29. The van der Waals surface area contributed by atoms with Gasteiger partial charge in [0.2, 0.25) is 5.91 Å². The van der Waals surface area contributed by atoms with Crippen LogP contribution in [0.15, 0.2) is 65.6 Å². The maximum Gasteiger partial charge on any atom is 0.270 e. The van der Waals surface area contributed by atoms with E-state index < -0.39 is 10.0 Å². The molecular formula is C22H14Cl2N2O3S3. The lowest BCUT2D eigenvalue weighted by Gasteiger charge is -2.11. The van der Waals surface area contributed by atoms with E-state index in [-0.39, 0.29) is 21.1 Å². The lowest BCUT2D eigenvalue weighted by Crippen LogP contribution is -2.25. The largest absolute Gasteiger partial charge is 0.311 e. The number of carbonyl (C=O) groups is 1. The second-order valence-corrected chi connectivity index (χ2v) is 11.8. The van der Waals surface area contributed by atoms with Gasteiger partial charge in [0.25, 0.3) is 10.0 Å². The molecule has 32 heavy (non-hydrogen) atoms. The summed E-state index contributed by atoms with van der Waals surface area (Å²) in [6.07, 6.45) is 0.488. The molecule has 1 unspecified atom stereocenters. The third-order valence-corrected chi connectivity index (χ3v) is 9.11. The van der Waals surface area contributed by atoms with Gasteiger partial charge >= 0.3 is 0 Å². The molecule has 1 saturated heterocycles. The van der Waals surface area contributed by atoms with Crippen LogP contribution in [0.5, 0.6) is 0 Å². The van der Waals surface area contributed by atoms with Gasteiger partial charge in [-0.1, -0.05) is 71.4 Å². The number of carbonyl (C=O) groups excluding carboxylic acids is 1. The SMILES string of the molecule is O=C1NC(=S)SC1Cc1ccc2c(c1)c1ccccc1n2S(=O)(=O)c1ccc(Cl)cc1Cl. The van der Waals surface area contributed by atoms with Gasteiger partial charge in [0.1, 0.15) is 9.22 Å². The maximum absolute atomic E-state index is 13.7. The molecule has 162 valence electrons. The van der Waals surface area contributed by atoms with Crippen LogP contribution in [-0.2, 0) is 21.2 Å². The Kier molecular flexibility index (Phi) is 5.46. The average molecular weight is 521 g/mol. The zero-order valence-electron chi connectivity index (χ0n) is 16.2. The third kappa shape index (κ3) is 3.60. The number of aromatic nitrogens is 1. The fourth-order valence-electron chi connectivity index (χ4n) is 3.89. The normalized spacial score (nSPS) is 16.8. The van der Waals surface area contributed by atoms with Gasteiger partial charge in [-0.2, -0.15) is 0 Å². The van der Waals surface area contributed by atoms with Crippen LogP contribution in [0.4, 0.5) is 0 Å². The molecule has 3 aromatic carbocycles. The highest BCUT2D eigenvalue weighted by Gasteiger charge is 2.30. The van der Waals surface area contributed by atoms with Crippen molar-refractivity contribution in [2.24, 2.45) is 0 Å². The zero-order valence-corrected chi connectivity index (χ0v) is 20.2. The predicted octanol–water partition coefficient (Wildman–Crippen LogP) is 5.40. The standard InChI is InChI=1S/C22H14Cl2N2O3S3/c23-13-6-8-20(16(24)11-13)32(28,29)26-17-4-2-1-3-14(17)15-9-12(5-7-18(15)26)10-19-21(27)25-22(30)31-19/h1-9,11,19H,10H2,(H,25,27,30). The molecule has 0 bridgehead atoms. The number of para-hydroxylation sites is 1. The summed E-state index contributed by atoms with van der Waals surface area (Å²) in [7, 11) is -4.01. The van der Waals surface area contributed by atoms with E-state index in [0.717, 1.165) is 16.3 Å². The highest BCUT2D eigenvalue weighted by molar-refractivity contribution is 8.24. The van der Waals surface area contributed by atoms with Crippen molar-refractivity contribution in [1.82, 2.24) is 9.29 Å². The number of hydrogen-bond acceptors (Lipinski definition) is 5. The Balaban J connectivity index is 1.70. The predicted molar refractivity (Wildman–Crippen MR) is 134 cm³/mol. The first-order chi connectivity index (χ1) is 15.3. The number of fused-ring (bicyclic) bond motifs is 3. The van der Waals surface area contributed by atoms with Crippen molar-refractivity contribution in [3.8, 4) is 0 Å². The van der Waals surface area contributed by atoms with E-state index in [9.17, 15) is 13.2 Å². The van der Waals surface area contributed by atoms with E-state index >= 15 is 0 Å². The molecule has 1 N–H and O–H groups in total. The van der Waals surface area contributed by atoms with Gasteiger partial charge < -0.3 is 5.32 Å². The lowest BCUT2D eigenvalue weighted by atomic mass is 10.1. The summed E-state index contributed by atoms with van der Waals surface area (Å²) in [5, 5.41) is 4.33. The smallest absolute Gasteiger partial charge is 0.270 e. The van der Waals surface area contributed by atoms with Crippen LogP contribution in [-0.4, -0.2) is 27.9 Å². The molecule has 10 heteroatoms. The Bertz CT molecular complexity index is 1550. The molecule has 1 aromatic heterocycles. The van der Waals surface area contributed by atoms with Crippen LogP contribution in [0.25, 0.3) is 21.8 Å². The fraction of sp³-hybridized carbons (Fsp3) is 0.0909. The first kappa shape index (κ1) is 21.7. The molecule has 2 heterocycles. The molecule has 1 aliphatic heterocycles. The molecule has 1 fully saturated rings. The summed E-state index contributed by atoms with van der Waals surface area (Å²) in [6, 6.07) is 17.2. The summed E-state index contributed by atoms with van der Waals surface area (Å²) in [5.41, 5.74) is 1.99. The molecule has 0 saturated carbocycles. The Hall–Kier alpha value is -2.10. The highest BCUT2D eigenvalue weighted by Crippen LogP contribution is 2.36. The van der Waals surface area contributed by atoms with E-state index in [2.05, 4.69) is 5.32 Å². The van der Waals surface area contributed by atoms with E-state index in [1.54, 1.807) is 18.2 Å². The van der Waals surface area contributed by atoms with E-state index in [1.807, 2.05) is 24.3 Å². The van der Waals surface area contributed by atoms with Crippen molar-refractivity contribution in [3.05, 3.63) is 76.3 Å². The van der Waals surface area contributed by atoms with Crippen LogP contribution in [0.3, 0.4) is 0 Å². The number of amides is 1. The number of thiocarbonyl (C=S) groups is 1. The van der Waals surface area contributed by atoms with Crippen LogP contribution in [0.2, 0.25) is 10.0 Å². The average Bonchev–Trinajstić information content (AvgIpc) is 3.24. The molecule has 1 atom stereocenters. The number of nitrogens with one attached hydrogen (secondary N) is 1. The first-order valence-corrected chi connectivity index (χ1v) is 13.0. The van der Waals surface area contributed by atoms with Crippen LogP contribution in [0.1, 0.15) is 5.56 Å². The first-order valence-electron chi connectivity index (χ1n) is 9.50. The number of hydrogen-bond donors (Lipinski definition) is 1. The van der Waals surface area contributed by atoms with Crippen LogP contribution < -0.4 is 5.32 Å². The highest BCUT2D eigenvalue weighted by atomic mass is 35.5. The minimum absolute atomic E-state index is 0.0252. The topological polar surface area (TPSA) is 68.2 Å². The number of halogens is 2. The molecule has 5 rings (SSSR count). The second-order valence-electron chi connectivity index (χ2n) is 7.30. The summed E-state index contributed by atoms with van der Waals surface area (Å²) in [6.45, 7) is 0. The molecule has 0 aliphatic carbocycles. The van der Waals surface area contributed by atoms with E-state index in [4.69, 9.17) is 35.4 Å². The van der Waals surface area contributed by atoms with Gasteiger partial charge in [0, 0.05) is 15.8 Å². The quantitative estimate of drug-likeness (QED) is 0.365. The Morgan fingerprint density at radius 3 is 2.47 bits per heavy atom. The van der Waals surface area contributed by atoms with Gasteiger partial charge in [0.15, 0.2) is 0 Å². The van der Waals surface area contributed by atoms with Crippen molar-refractivity contribution >= 4 is 89.2 Å². The molecule has 1 amide bonds. The van der Waals surface area contributed by atoms with Crippen LogP contribution in [0, 0.1) is 0 Å². The maximum atomic E-state index is 13.7. The van der Waals surface area contributed by atoms with Crippen molar-refractivity contribution in [3.63, 3.8) is 0 Å². The number of benzene rings is 3. The fourth-order valence-corrected chi connectivity index (χ4v) is 7.48. The van der Waals surface area contributed by atoms with Gasteiger partial charge in [-0.05, 0) is 48.4 Å². The van der Waals surface area contributed by atoms with Gasteiger partial charge in [-0.25, -0.2) is 12.4 Å². The number of rotatable bonds is 4. The number of thioether (sulfide) groups is 1. The Morgan fingerprint density at radius 2 is 1.75 bits per heavy atom. The summed E-state index contributed by atoms with van der Waals surface area (Å²) in [4.78, 5) is 12.1. The molecule has 5 nitrogen and oxygen atoms in total. The Labute approximate surface area is 203 Å². The van der Waals surface area contributed by atoms with Crippen molar-refractivity contribution in [2.45, 2.75) is 16.6 Å². The molecule has 0 radical (unpaired) electrons. The monoisotopic (exact) mass is 520 g/mol. The zero-order chi connectivity index (χ0) is 22.6. The molecule has 1 aliphatic rings. The van der Waals surface area contributed by atoms with E-state index in [0.29, 0.717) is 26.8 Å². The summed E-state index contributed by atoms with van der Waals surface area (Å²) >= 11 is 18.6. The molecule has 4 aromatic rings. The van der Waals surface area contributed by atoms with E-state index in [1.165, 1.54) is 33.9 Å². The Morgan fingerprint density at radius 1 is 1.00 bits per heavy atom. The minimum Gasteiger partial charge on any atom is -0.311 e. The van der Waals surface area contributed by atoms with Crippen molar-refractivity contribution < 1.29 is 13.2 Å². The van der Waals surface area contributed by atoms with Crippen LogP contribution >= 0.6 is 47.2 Å². The van der Waals surface area contributed by atoms with Gasteiger partial charge in [0.05, 0.1) is 21.3 Å². The minimum atomic E-state index is -4.01. The van der Waals surface area contributed by atoms with Crippen molar-refractivity contribution in [2.75, 3.05) is 0 Å². The molecule has 0 spiro atoms. The van der Waals surface area contributed by atoms with Gasteiger partial charge in [-0.3, -0.25) is 4.79 Å².